The Morgan fingerprint density at radius 1 is 1.26 bits per heavy atom. The van der Waals surface area contributed by atoms with Crippen LogP contribution in [0.4, 0.5) is 0 Å². The molecule has 0 amide bonds. The molecule has 3 unspecified atom stereocenters. The maximum absolute atomic E-state index is 6.09. The molecule has 0 spiro atoms. The molecule has 1 aromatic carbocycles. The summed E-state index contributed by atoms with van der Waals surface area (Å²) in [7, 11) is 0. The Morgan fingerprint density at radius 2 is 2.00 bits per heavy atom. The molecule has 1 heterocycles. The molecule has 1 aromatic rings. The van der Waals surface area contributed by atoms with Crippen LogP contribution in [0, 0.1) is 25.7 Å². The van der Waals surface area contributed by atoms with Gasteiger partial charge in [0.2, 0.25) is 0 Å². The predicted octanol–water partition coefficient (Wildman–Crippen LogP) is 3.28. The number of nitrogens with two attached hydrogens (primary N) is 1. The van der Waals surface area contributed by atoms with Crippen molar-refractivity contribution >= 4 is 0 Å². The smallest absolute Gasteiger partial charge is 0.0473 e. The fourth-order valence-electron chi connectivity index (χ4n) is 3.19. The molecular formula is C17H28N2. The van der Waals surface area contributed by atoms with Crippen LogP contribution in [0.5, 0.6) is 0 Å². The van der Waals surface area contributed by atoms with Crippen molar-refractivity contribution in [2.75, 3.05) is 19.6 Å². The summed E-state index contributed by atoms with van der Waals surface area (Å²) in [5, 5.41) is 0. The average molecular weight is 260 g/mol. The number of benzene rings is 1. The lowest BCUT2D eigenvalue weighted by molar-refractivity contribution is 0.0980. The summed E-state index contributed by atoms with van der Waals surface area (Å²) in [5.41, 5.74) is 10.3. The number of hydrogen-bond acceptors (Lipinski definition) is 2. The zero-order chi connectivity index (χ0) is 14.0. The van der Waals surface area contributed by atoms with Crippen molar-refractivity contribution in [3.63, 3.8) is 0 Å². The van der Waals surface area contributed by atoms with Gasteiger partial charge in [0.1, 0.15) is 0 Å². The molecule has 1 saturated heterocycles. The third-order valence-corrected chi connectivity index (χ3v) is 5.04. The van der Waals surface area contributed by atoms with Crippen LogP contribution < -0.4 is 5.73 Å². The Hall–Kier alpha value is -0.860. The number of rotatable bonds is 3. The van der Waals surface area contributed by atoms with Gasteiger partial charge in [-0.15, -0.1) is 0 Å². The standard InChI is InChI=1S/C17H28N2/c1-12-8-9-19(11-14(12)3)17(10-18)16-7-5-6-13(2)15(16)4/h5-7,12,14,17H,8-11,18H2,1-4H3. The van der Waals surface area contributed by atoms with Gasteiger partial charge in [-0.05, 0) is 55.3 Å². The van der Waals surface area contributed by atoms with E-state index in [1.807, 2.05) is 0 Å². The van der Waals surface area contributed by atoms with Crippen molar-refractivity contribution in [1.29, 1.82) is 0 Å². The van der Waals surface area contributed by atoms with Crippen molar-refractivity contribution in [3.05, 3.63) is 34.9 Å². The second-order valence-corrected chi connectivity index (χ2v) is 6.28. The zero-order valence-corrected chi connectivity index (χ0v) is 12.8. The highest BCUT2D eigenvalue weighted by Gasteiger charge is 2.28. The summed E-state index contributed by atoms with van der Waals surface area (Å²) in [6, 6.07) is 6.99. The van der Waals surface area contributed by atoms with Gasteiger partial charge in [0.05, 0.1) is 0 Å². The van der Waals surface area contributed by atoms with Crippen molar-refractivity contribution in [2.45, 2.75) is 40.2 Å². The van der Waals surface area contributed by atoms with Gasteiger partial charge in [-0.1, -0.05) is 32.0 Å². The van der Waals surface area contributed by atoms with Crippen LogP contribution in [-0.2, 0) is 0 Å². The lowest BCUT2D eigenvalue weighted by Crippen LogP contribution is -2.43. The van der Waals surface area contributed by atoms with E-state index >= 15 is 0 Å². The van der Waals surface area contributed by atoms with Gasteiger partial charge in [-0.3, -0.25) is 4.90 Å². The summed E-state index contributed by atoms with van der Waals surface area (Å²) in [5.74, 6) is 1.61. The number of piperidine rings is 1. The lowest BCUT2D eigenvalue weighted by Gasteiger charge is -2.40. The first kappa shape index (κ1) is 14.5. The molecule has 1 aliphatic heterocycles. The van der Waals surface area contributed by atoms with E-state index in [-0.39, 0.29) is 0 Å². The number of hydrogen-bond donors (Lipinski definition) is 1. The minimum absolute atomic E-state index is 0.384. The summed E-state index contributed by atoms with van der Waals surface area (Å²) >= 11 is 0. The predicted molar refractivity (Wildman–Crippen MR) is 82.2 cm³/mol. The molecule has 0 bridgehead atoms. The van der Waals surface area contributed by atoms with Gasteiger partial charge in [0, 0.05) is 19.1 Å². The van der Waals surface area contributed by atoms with Crippen LogP contribution in [0.25, 0.3) is 0 Å². The van der Waals surface area contributed by atoms with Crippen molar-refractivity contribution in [3.8, 4) is 0 Å². The molecule has 2 nitrogen and oxygen atoms in total. The van der Waals surface area contributed by atoms with Gasteiger partial charge < -0.3 is 5.73 Å². The monoisotopic (exact) mass is 260 g/mol. The summed E-state index contributed by atoms with van der Waals surface area (Å²) in [6.45, 7) is 12.2. The maximum Gasteiger partial charge on any atom is 0.0473 e. The Morgan fingerprint density at radius 3 is 2.63 bits per heavy atom. The molecule has 2 rings (SSSR count). The van der Waals surface area contributed by atoms with E-state index in [0.29, 0.717) is 12.6 Å². The molecule has 2 heteroatoms. The molecule has 0 aliphatic carbocycles. The van der Waals surface area contributed by atoms with E-state index in [2.05, 4.69) is 50.8 Å². The van der Waals surface area contributed by atoms with Crippen LogP contribution in [-0.4, -0.2) is 24.5 Å². The first-order valence-corrected chi connectivity index (χ1v) is 7.54. The minimum atomic E-state index is 0.384. The van der Waals surface area contributed by atoms with E-state index < -0.39 is 0 Å². The minimum Gasteiger partial charge on any atom is -0.329 e. The maximum atomic E-state index is 6.09. The number of nitrogens with zero attached hydrogens (tertiary/aromatic N) is 1. The SMILES string of the molecule is Cc1cccc(C(CN)N2CCC(C)C(C)C2)c1C. The Labute approximate surface area is 118 Å². The Kier molecular flexibility index (Phi) is 4.64. The van der Waals surface area contributed by atoms with Crippen LogP contribution in [0.15, 0.2) is 18.2 Å². The van der Waals surface area contributed by atoms with Gasteiger partial charge in [0.15, 0.2) is 0 Å². The highest BCUT2D eigenvalue weighted by Crippen LogP contribution is 2.31. The highest BCUT2D eigenvalue weighted by molar-refractivity contribution is 5.35. The molecule has 2 N–H and O–H groups in total. The normalized spacial score (nSPS) is 26.4. The fourth-order valence-corrected chi connectivity index (χ4v) is 3.19. The number of aryl methyl sites for hydroxylation is 1. The fraction of sp³-hybridized carbons (Fsp3) is 0.647. The van der Waals surface area contributed by atoms with Crippen molar-refractivity contribution in [2.24, 2.45) is 17.6 Å². The van der Waals surface area contributed by atoms with E-state index in [4.69, 9.17) is 5.73 Å². The largest absolute Gasteiger partial charge is 0.329 e. The molecule has 1 aliphatic rings. The quantitative estimate of drug-likeness (QED) is 0.903. The molecule has 0 saturated carbocycles. The molecule has 3 atom stereocenters. The second kappa shape index (κ2) is 6.06. The van der Waals surface area contributed by atoms with Crippen molar-refractivity contribution < 1.29 is 0 Å². The molecule has 1 fully saturated rings. The van der Waals surface area contributed by atoms with Crippen LogP contribution in [0.2, 0.25) is 0 Å². The molecule has 19 heavy (non-hydrogen) atoms. The molecule has 106 valence electrons. The topological polar surface area (TPSA) is 29.3 Å². The van der Waals surface area contributed by atoms with Gasteiger partial charge in [-0.25, -0.2) is 0 Å². The highest BCUT2D eigenvalue weighted by atomic mass is 15.2. The van der Waals surface area contributed by atoms with Gasteiger partial charge in [0.25, 0.3) is 0 Å². The van der Waals surface area contributed by atoms with Crippen LogP contribution >= 0.6 is 0 Å². The summed E-state index contributed by atoms with van der Waals surface area (Å²) in [4.78, 5) is 2.59. The summed E-state index contributed by atoms with van der Waals surface area (Å²) in [6.07, 6.45) is 1.29. The first-order valence-electron chi connectivity index (χ1n) is 7.54. The van der Waals surface area contributed by atoms with E-state index in [1.165, 1.54) is 36.2 Å². The van der Waals surface area contributed by atoms with Gasteiger partial charge in [-0.2, -0.15) is 0 Å². The molecule has 0 radical (unpaired) electrons. The zero-order valence-electron chi connectivity index (χ0n) is 12.8. The van der Waals surface area contributed by atoms with Gasteiger partial charge >= 0.3 is 0 Å². The van der Waals surface area contributed by atoms with E-state index in [9.17, 15) is 0 Å². The average Bonchev–Trinajstić information content (AvgIpc) is 2.39. The number of likely N-dealkylation sites (tertiary alicyclic amines) is 1. The lowest BCUT2D eigenvalue weighted by atomic mass is 9.86. The summed E-state index contributed by atoms with van der Waals surface area (Å²) < 4.78 is 0. The third kappa shape index (κ3) is 3.01. The van der Waals surface area contributed by atoms with Crippen LogP contribution in [0.3, 0.4) is 0 Å². The Balaban J connectivity index is 2.22. The molecular weight excluding hydrogens is 232 g/mol. The second-order valence-electron chi connectivity index (χ2n) is 6.28. The first-order chi connectivity index (χ1) is 9.04. The van der Waals surface area contributed by atoms with Crippen molar-refractivity contribution in [1.82, 2.24) is 4.90 Å². The third-order valence-electron chi connectivity index (χ3n) is 5.04. The van der Waals surface area contributed by atoms with E-state index in [1.54, 1.807) is 0 Å². The Bertz CT molecular complexity index is 427. The van der Waals surface area contributed by atoms with Crippen LogP contribution in [0.1, 0.15) is 43.0 Å². The van der Waals surface area contributed by atoms with E-state index in [0.717, 1.165) is 11.8 Å². The molecule has 0 aromatic heterocycles.